The molecule has 274 valence electrons. The van der Waals surface area contributed by atoms with E-state index < -0.39 is 0 Å². The summed E-state index contributed by atoms with van der Waals surface area (Å²) >= 11 is 14.4. The van der Waals surface area contributed by atoms with Gasteiger partial charge in [0.1, 0.15) is 11.6 Å². The molecule has 0 radical (unpaired) electrons. The topological polar surface area (TPSA) is 102 Å². The highest BCUT2D eigenvalue weighted by molar-refractivity contribution is 6.39. The highest BCUT2D eigenvalue weighted by Crippen LogP contribution is 2.43. The summed E-state index contributed by atoms with van der Waals surface area (Å²) in [6.45, 7) is 5.13. The van der Waals surface area contributed by atoms with Crippen LogP contribution in [0.5, 0.6) is 11.8 Å². The fourth-order valence-corrected chi connectivity index (χ4v) is 8.26. The first-order valence-corrected chi connectivity index (χ1v) is 18.9. The highest BCUT2D eigenvalue weighted by atomic mass is 35.5. The van der Waals surface area contributed by atoms with Crippen LogP contribution in [-0.4, -0.2) is 80.1 Å². The number of halogens is 2. The van der Waals surface area contributed by atoms with E-state index >= 15 is 0 Å². The van der Waals surface area contributed by atoms with E-state index in [9.17, 15) is 0 Å². The monoisotopic (exact) mass is 758 g/mol. The molecule has 0 N–H and O–H groups in total. The van der Waals surface area contributed by atoms with Crippen LogP contribution in [0.2, 0.25) is 10.0 Å². The number of nitrogens with zero attached hydrogens (tertiary/aromatic N) is 8. The minimum Gasteiger partial charge on any atom is -0.481 e. The Morgan fingerprint density at radius 2 is 0.963 bits per heavy atom. The average Bonchev–Trinajstić information content (AvgIpc) is 3.90. The minimum absolute atomic E-state index is 0.318. The molecule has 12 heteroatoms. The van der Waals surface area contributed by atoms with Gasteiger partial charge in [-0.2, -0.15) is 0 Å². The predicted molar refractivity (Wildman–Crippen MR) is 211 cm³/mol. The van der Waals surface area contributed by atoms with Gasteiger partial charge in [-0.3, -0.25) is 9.80 Å². The molecule has 6 heterocycles. The Morgan fingerprint density at radius 1 is 0.556 bits per heavy atom. The van der Waals surface area contributed by atoms with E-state index in [4.69, 9.17) is 42.6 Å². The molecule has 0 aliphatic carbocycles. The Balaban J connectivity index is 1.01. The van der Waals surface area contributed by atoms with Crippen LogP contribution in [0.25, 0.3) is 33.6 Å². The molecule has 2 aliphatic heterocycles. The van der Waals surface area contributed by atoms with Gasteiger partial charge in [-0.25, -0.2) is 29.9 Å². The minimum atomic E-state index is 0.318. The Bertz CT molecular complexity index is 2090. The molecule has 2 aromatic carbocycles. The lowest BCUT2D eigenvalue weighted by molar-refractivity contribution is 0.313. The Hall–Kier alpha value is -5.00. The summed E-state index contributed by atoms with van der Waals surface area (Å²) in [5, 5.41) is 1.10. The Morgan fingerprint density at radius 3 is 1.37 bits per heavy atom. The molecule has 10 nitrogen and oxygen atoms in total. The highest BCUT2D eigenvalue weighted by Gasteiger charge is 2.28. The van der Waals surface area contributed by atoms with E-state index in [1.54, 1.807) is 14.2 Å². The summed E-state index contributed by atoms with van der Waals surface area (Å²) < 4.78 is 11.6. The third-order valence-electron chi connectivity index (χ3n) is 10.3. The fourth-order valence-electron chi connectivity index (χ4n) is 7.61. The summed E-state index contributed by atoms with van der Waals surface area (Å²) in [5.41, 5.74) is 6.63. The van der Waals surface area contributed by atoms with Crippen molar-refractivity contribution in [2.75, 3.05) is 40.4 Å². The van der Waals surface area contributed by atoms with Crippen molar-refractivity contribution in [1.29, 1.82) is 0 Å². The molecule has 8 rings (SSSR count). The molecule has 0 bridgehead atoms. The van der Waals surface area contributed by atoms with Crippen LogP contribution in [0.1, 0.15) is 47.5 Å². The largest absolute Gasteiger partial charge is 0.481 e. The summed E-state index contributed by atoms with van der Waals surface area (Å²) in [4.78, 5) is 32.5. The number of benzene rings is 2. The van der Waals surface area contributed by atoms with Crippen LogP contribution in [0.4, 0.5) is 0 Å². The second kappa shape index (κ2) is 16.2. The molecule has 0 saturated carbocycles. The van der Waals surface area contributed by atoms with Crippen molar-refractivity contribution in [3.05, 3.63) is 130 Å². The van der Waals surface area contributed by atoms with Gasteiger partial charge in [-0.15, -0.1) is 0 Å². The van der Waals surface area contributed by atoms with Crippen LogP contribution in [-0.2, 0) is 13.1 Å². The third kappa shape index (κ3) is 7.52. The van der Waals surface area contributed by atoms with Gasteiger partial charge in [-0.1, -0.05) is 71.7 Å². The second-order valence-corrected chi connectivity index (χ2v) is 14.5. The number of hydrogen-bond acceptors (Lipinski definition) is 10. The van der Waals surface area contributed by atoms with Crippen molar-refractivity contribution in [2.45, 2.75) is 37.8 Å². The molecule has 2 atom stereocenters. The van der Waals surface area contributed by atoms with E-state index in [1.165, 1.54) is 0 Å². The maximum atomic E-state index is 7.19. The first kappa shape index (κ1) is 36.0. The van der Waals surface area contributed by atoms with E-state index in [0.717, 1.165) is 97.1 Å². The molecule has 4 aromatic heterocycles. The van der Waals surface area contributed by atoms with Gasteiger partial charge < -0.3 is 9.47 Å². The molecule has 2 fully saturated rings. The normalized spacial score (nSPS) is 17.6. The summed E-state index contributed by atoms with van der Waals surface area (Å²) in [5.74, 6) is 3.59. The number of likely N-dealkylation sites (tertiary alicyclic amines) is 2. The second-order valence-electron chi connectivity index (χ2n) is 13.7. The number of methoxy groups -OCH3 is 2. The van der Waals surface area contributed by atoms with Crippen LogP contribution in [0.15, 0.2) is 97.6 Å². The lowest BCUT2D eigenvalue weighted by atomic mass is 9.98. The van der Waals surface area contributed by atoms with Crippen molar-refractivity contribution in [1.82, 2.24) is 39.7 Å². The van der Waals surface area contributed by atoms with Gasteiger partial charge in [0, 0.05) is 96.2 Å². The standard InChI is InChI=1S/C42H40Cl2N8O2/c1-53-41-29(25-51-21-15-27(23-51)39-45-17-5-18-46-39)11-13-35(49-41)33-9-3-7-31(37(33)43)32-8-4-10-34(38(32)44)36-14-12-30(42(50-36)54-2)26-52-22-16-28(24-52)40-47-19-6-20-48-40/h3-14,17-20,27-28H,15-16,21-26H2,1-2H3. The molecule has 54 heavy (non-hydrogen) atoms. The molecule has 2 aliphatic rings. The van der Waals surface area contributed by atoms with Crippen molar-refractivity contribution >= 4 is 23.2 Å². The molecular weight excluding hydrogens is 719 g/mol. The van der Waals surface area contributed by atoms with Crippen molar-refractivity contribution < 1.29 is 9.47 Å². The molecule has 2 unspecified atom stereocenters. The molecule has 6 aromatic rings. The maximum Gasteiger partial charge on any atom is 0.218 e. The molecule has 2 saturated heterocycles. The van der Waals surface area contributed by atoms with E-state index in [0.29, 0.717) is 45.0 Å². The third-order valence-corrected chi connectivity index (χ3v) is 11.2. The first-order valence-electron chi connectivity index (χ1n) is 18.1. The Labute approximate surface area is 325 Å². The molecule has 0 spiro atoms. The zero-order valence-electron chi connectivity index (χ0n) is 30.2. The fraction of sp³-hybridized carbons (Fsp3) is 0.286. The Kier molecular flexibility index (Phi) is 10.8. The zero-order valence-corrected chi connectivity index (χ0v) is 31.7. The van der Waals surface area contributed by atoms with Gasteiger partial charge in [0.2, 0.25) is 11.8 Å². The number of aromatic nitrogens is 6. The van der Waals surface area contributed by atoms with E-state index in [-0.39, 0.29) is 0 Å². The molecular formula is C42H40Cl2N8O2. The number of pyridine rings is 2. The average molecular weight is 760 g/mol. The SMILES string of the molecule is COc1nc(-c2cccc(-c3cccc(-c4ccc(CN5CCC(c6ncccn6)C5)c(OC)n4)c3Cl)c2Cl)ccc1CN1CCC(c2ncccn2)C1. The first-order chi connectivity index (χ1) is 26.5. The van der Waals surface area contributed by atoms with E-state index in [2.05, 4.69) is 41.9 Å². The van der Waals surface area contributed by atoms with Crippen molar-refractivity contribution in [2.24, 2.45) is 0 Å². The lowest BCUT2D eigenvalue weighted by Crippen LogP contribution is -2.20. The van der Waals surface area contributed by atoms with Crippen molar-refractivity contribution in [3.8, 4) is 45.4 Å². The van der Waals surface area contributed by atoms with Gasteiger partial charge in [-0.05, 0) is 50.2 Å². The van der Waals surface area contributed by atoms with E-state index in [1.807, 2.05) is 85.5 Å². The smallest absolute Gasteiger partial charge is 0.218 e. The molecule has 0 amide bonds. The summed E-state index contributed by atoms with van der Waals surface area (Å²) in [6.07, 6.45) is 9.27. The summed E-state index contributed by atoms with van der Waals surface area (Å²) in [6, 6.07) is 23.7. The van der Waals surface area contributed by atoms with Gasteiger partial charge in [0.05, 0.1) is 35.7 Å². The predicted octanol–water partition coefficient (Wildman–Crippen LogP) is 8.36. The van der Waals surface area contributed by atoms with Gasteiger partial charge in [0.25, 0.3) is 0 Å². The zero-order chi connectivity index (χ0) is 37.0. The van der Waals surface area contributed by atoms with Crippen molar-refractivity contribution in [3.63, 3.8) is 0 Å². The van der Waals surface area contributed by atoms with Gasteiger partial charge >= 0.3 is 0 Å². The van der Waals surface area contributed by atoms with Crippen LogP contribution >= 0.6 is 23.2 Å². The number of hydrogen-bond donors (Lipinski definition) is 0. The van der Waals surface area contributed by atoms with Crippen LogP contribution in [0.3, 0.4) is 0 Å². The van der Waals surface area contributed by atoms with Crippen LogP contribution < -0.4 is 9.47 Å². The number of ether oxygens (including phenoxy) is 2. The quantitative estimate of drug-likeness (QED) is 0.128. The summed E-state index contributed by atoms with van der Waals surface area (Å²) in [7, 11) is 3.31. The van der Waals surface area contributed by atoms with Gasteiger partial charge in [0.15, 0.2) is 0 Å². The number of rotatable bonds is 11. The lowest BCUT2D eigenvalue weighted by Gasteiger charge is -2.19. The van der Waals surface area contributed by atoms with Crippen LogP contribution in [0, 0.1) is 0 Å². The maximum absolute atomic E-state index is 7.19.